The minimum absolute atomic E-state index is 0.0795. The summed E-state index contributed by atoms with van der Waals surface area (Å²) in [4.78, 5) is 0. The zero-order valence-electron chi connectivity index (χ0n) is 7.70. The van der Waals surface area contributed by atoms with Crippen LogP contribution in [-0.4, -0.2) is 12.1 Å². The van der Waals surface area contributed by atoms with Crippen molar-refractivity contribution < 1.29 is 4.74 Å². The maximum Gasteiger partial charge on any atom is 0.120 e. The second-order valence-electron chi connectivity index (χ2n) is 3.64. The van der Waals surface area contributed by atoms with Crippen LogP contribution in [0.1, 0.15) is 19.3 Å². The third-order valence-electron chi connectivity index (χ3n) is 2.49. The number of hydrogen-bond donors (Lipinski definition) is 1. The summed E-state index contributed by atoms with van der Waals surface area (Å²) < 4.78 is 5.87. The van der Waals surface area contributed by atoms with Gasteiger partial charge in [-0.3, -0.25) is 0 Å². The van der Waals surface area contributed by atoms with E-state index in [-0.39, 0.29) is 5.60 Å². The zero-order valence-corrected chi connectivity index (χ0v) is 7.70. The second-order valence-corrected chi connectivity index (χ2v) is 3.64. The molecule has 0 spiro atoms. The van der Waals surface area contributed by atoms with Gasteiger partial charge in [0.05, 0.1) is 0 Å². The summed E-state index contributed by atoms with van der Waals surface area (Å²) in [6.45, 7) is 0.715. The first-order valence-corrected chi connectivity index (χ1v) is 4.79. The zero-order chi connectivity index (χ0) is 9.15. The molecule has 1 aromatic rings. The monoisotopic (exact) mass is 177 g/mol. The molecule has 0 atom stereocenters. The average molecular weight is 177 g/mol. The van der Waals surface area contributed by atoms with E-state index < -0.39 is 0 Å². The standard InChI is InChI=1S/C11H15NO/c12-9-8-11(6-7-11)13-10-4-2-1-3-5-10/h1-5H,6-9,12H2. The van der Waals surface area contributed by atoms with Crippen LogP contribution < -0.4 is 10.5 Å². The van der Waals surface area contributed by atoms with Crippen LogP contribution in [0.5, 0.6) is 5.75 Å². The Morgan fingerprint density at radius 1 is 1.23 bits per heavy atom. The maximum absolute atomic E-state index is 5.87. The summed E-state index contributed by atoms with van der Waals surface area (Å²) in [5.74, 6) is 0.966. The molecule has 0 bridgehead atoms. The Labute approximate surface area is 78.7 Å². The lowest BCUT2D eigenvalue weighted by Gasteiger charge is -2.16. The Hall–Kier alpha value is -1.02. The predicted octanol–water partition coefficient (Wildman–Crippen LogP) is 1.95. The van der Waals surface area contributed by atoms with E-state index >= 15 is 0 Å². The average Bonchev–Trinajstić information content (AvgIpc) is 2.87. The van der Waals surface area contributed by atoms with Gasteiger partial charge < -0.3 is 10.5 Å². The highest BCUT2D eigenvalue weighted by Crippen LogP contribution is 2.42. The van der Waals surface area contributed by atoms with Crippen molar-refractivity contribution >= 4 is 0 Å². The number of ether oxygens (including phenoxy) is 1. The van der Waals surface area contributed by atoms with Crippen molar-refractivity contribution in [3.05, 3.63) is 30.3 Å². The van der Waals surface area contributed by atoms with E-state index in [1.807, 2.05) is 30.3 Å². The molecule has 1 aromatic carbocycles. The number of benzene rings is 1. The highest BCUT2D eigenvalue weighted by atomic mass is 16.5. The molecule has 1 saturated carbocycles. The highest BCUT2D eigenvalue weighted by Gasteiger charge is 2.44. The Morgan fingerprint density at radius 3 is 2.46 bits per heavy atom. The summed E-state index contributed by atoms with van der Waals surface area (Å²) in [7, 11) is 0. The minimum Gasteiger partial charge on any atom is -0.487 e. The highest BCUT2D eigenvalue weighted by molar-refractivity contribution is 5.23. The van der Waals surface area contributed by atoms with E-state index in [1.165, 1.54) is 0 Å². The molecule has 0 aliphatic heterocycles. The molecule has 2 rings (SSSR count). The van der Waals surface area contributed by atoms with Crippen molar-refractivity contribution in [2.24, 2.45) is 5.73 Å². The molecule has 70 valence electrons. The quantitative estimate of drug-likeness (QED) is 0.762. The molecular weight excluding hydrogens is 162 g/mol. The Bertz CT molecular complexity index is 267. The largest absolute Gasteiger partial charge is 0.487 e. The van der Waals surface area contributed by atoms with Crippen molar-refractivity contribution in [2.45, 2.75) is 24.9 Å². The van der Waals surface area contributed by atoms with Crippen LogP contribution in [0, 0.1) is 0 Å². The normalized spacial score (nSPS) is 18.2. The Kier molecular flexibility index (Phi) is 2.23. The van der Waals surface area contributed by atoms with Crippen LogP contribution in [0.15, 0.2) is 30.3 Å². The van der Waals surface area contributed by atoms with Crippen LogP contribution in [0.4, 0.5) is 0 Å². The molecule has 1 aliphatic rings. The van der Waals surface area contributed by atoms with Crippen molar-refractivity contribution in [2.75, 3.05) is 6.54 Å². The molecular formula is C11H15NO. The molecule has 13 heavy (non-hydrogen) atoms. The van der Waals surface area contributed by atoms with Crippen LogP contribution in [0.3, 0.4) is 0 Å². The number of hydrogen-bond acceptors (Lipinski definition) is 2. The fourth-order valence-electron chi connectivity index (χ4n) is 1.54. The van der Waals surface area contributed by atoms with Gasteiger partial charge >= 0.3 is 0 Å². The summed E-state index contributed by atoms with van der Waals surface area (Å²) in [6.07, 6.45) is 3.28. The molecule has 0 unspecified atom stereocenters. The Balaban J connectivity index is 1.98. The van der Waals surface area contributed by atoms with E-state index in [0.717, 1.165) is 25.0 Å². The SMILES string of the molecule is NCCC1(Oc2ccccc2)CC1. The lowest BCUT2D eigenvalue weighted by Crippen LogP contribution is -2.22. The minimum atomic E-state index is 0.0795. The first-order valence-electron chi connectivity index (χ1n) is 4.79. The predicted molar refractivity (Wildman–Crippen MR) is 52.7 cm³/mol. The van der Waals surface area contributed by atoms with E-state index in [0.29, 0.717) is 6.54 Å². The van der Waals surface area contributed by atoms with Crippen LogP contribution >= 0.6 is 0 Å². The fraction of sp³-hybridized carbons (Fsp3) is 0.455. The topological polar surface area (TPSA) is 35.2 Å². The molecule has 0 amide bonds. The van der Waals surface area contributed by atoms with Gasteiger partial charge in [-0.15, -0.1) is 0 Å². The van der Waals surface area contributed by atoms with Gasteiger partial charge in [-0.2, -0.15) is 0 Å². The molecule has 0 saturated heterocycles. The van der Waals surface area contributed by atoms with Gasteiger partial charge in [0.1, 0.15) is 11.4 Å². The fourth-order valence-corrected chi connectivity index (χ4v) is 1.54. The van der Waals surface area contributed by atoms with Crippen LogP contribution in [-0.2, 0) is 0 Å². The molecule has 0 heterocycles. The molecule has 2 nitrogen and oxygen atoms in total. The summed E-state index contributed by atoms with van der Waals surface area (Å²) in [6, 6.07) is 9.98. The third kappa shape index (κ3) is 2.01. The molecule has 0 aromatic heterocycles. The number of nitrogens with two attached hydrogens (primary N) is 1. The van der Waals surface area contributed by atoms with E-state index in [4.69, 9.17) is 10.5 Å². The molecule has 2 heteroatoms. The van der Waals surface area contributed by atoms with Crippen LogP contribution in [0.2, 0.25) is 0 Å². The van der Waals surface area contributed by atoms with Gasteiger partial charge in [-0.05, 0) is 37.9 Å². The van der Waals surface area contributed by atoms with Crippen LogP contribution in [0.25, 0.3) is 0 Å². The molecule has 2 N–H and O–H groups in total. The maximum atomic E-state index is 5.87. The third-order valence-corrected chi connectivity index (χ3v) is 2.49. The molecule has 0 radical (unpaired) electrons. The molecule has 1 aliphatic carbocycles. The van der Waals surface area contributed by atoms with Crippen molar-refractivity contribution in [1.29, 1.82) is 0 Å². The van der Waals surface area contributed by atoms with Crippen molar-refractivity contribution in [1.82, 2.24) is 0 Å². The first-order chi connectivity index (χ1) is 6.35. The van der Waals surface area contributed by atoms with Gasteiger partial charge in [0, 0.05) is 0 Å². The van der Waals surface area contributed by atoms with Gasteiger partial charge in [0.2, 0.25) is 0 Å². The van der Waals surface area contributed by atoms with Gasteiger partial charge in [-0.1, -0.05) is 18.2 Å². The first kappa shape index (κ1) is 8.57. The molecule has 1 fully saturated rings. The smallest absolute Gasteiger partial charge is 0.120 e. The van der Waals surface area contributed by atoms with Gasteiger partial charge in [0.15, 0.2) is 0 Å². The lowest BCUT2D eigenvalue weighted by atomic mass is 10.2. The Morgan fingerprint density at radius 2 is 1.92 bits per heavy atom. The van der Waals surface area contributed by atoms with E-state index in [9.17, 15) is 0 Å². The summed E-state index contributed by atoms with van der Waals surface area (Å²) >= 11 is 0. The number of rotatable bonds is 4. The lowest BCUT2D eigenvalue weighted by molar-refractivity contribution is 0.171. The van der Waals surface area contributed by atoms with E-state index in [1.54, 1.807) is 0 Å². The number of para-hydroxylation sites is 1. The summed E-state index contributed by atoms with van der Waals surface area (Å²) in [5.41, 5.74) is 5.61. The van der Waals surface area contributed by atoms with E-state index in [2.05, 4.69) is 0 Å². The van der Waals surface area contributed by atoms with Crippen molar-refractivity contribution in [3.8, 4) is 5.75 Å². The summed E-state index contributed by atoms with van der Waals surface area (Å²) in [5, 5.41) is 0. The van der Waals surface area contributed by atoms with Gasteiger partial charge in [0.25, 0.3) is 0 Å². The van der Waals surface area contributed by atoms with Gasteiger partial charge in [-0.25, -0.2) is 0 Å². The second kappa shape index (κ2) is 3.38. The van der Waals surface area contributed by atoms with Crippen molar-refractivity contribution in [3.63, 3.8) is 0 Å².